The molecule has 0 bridgehead atoms. The van der Waals surface area contributed by atoms with Gasteiger partial charge in [0, 0.05) is 12.1 Å². The number of benzene rings is 1. The molecule has 1 aliphatic rings. The average molecular weight is 255 g/mol. The SMILES string of the molecule is NC1CCCCCCC1Oc1cc(F)ccc1F. The third-order valence-corrected chi connectivity index (χ3v) is 3.43. The van der Waals surface area contributed by atoms with E-state index in [0.29, 0.717) is 0 Å². The van der Waals surface area contributed by atoms with Gasteiger partial charge in [-0.15, -0.1) is 0 Å². The van der Waals surface area contributed by atoms with Gasteiger partial charge < -0.3 is 10.5 Å². The summed E-state index contributed by atoms with van der Waals surface area (Å²) in [4.78, 5) is 0. The Kier molecular flexibility index (Phi) is 4.53. The molecule has 2 rings (SSSR count). The molecular weight excluding hydrogens is 236 g/mol. The van der Waals surface area contributed by atoms with Crippen LogP contribution in [-0.4, -0.2) is 12.1 Å². The van der Waals surface area contributed by atoms with E-state index in [1.807, 2.05) is 0 Å². The van der Waals surface area contributed by atoms with Crippen LogP contribution in [0.4, 0.5) is 8.78 Å². The largest absolute Gasteiger partial charge is 0.486 e. The summed E-state index contributed by atoms with van der Waals surface area (Å²) < 4.78 is 32.1. The number of nitrogens with two attached hydrogens (primary N) is 1. The molecule has 0 amide bonds. The van der Waals surface area contributed by atoms with E-state index in [4.69, 9.17) is 10.5 Å². The van der Waals surface area contributed by atoms with Crippen LogP contribution in [0.25, 0.3) is 0 Å². The van der Waals surface area contributed by atoms with E-state index in [-0.39, 0.29) is 17.9 Å². The Labute approximate surface area is 106 Å². The number of halogens is 2. The highest BCUT2D eigenvalue weighted by molar-refractivity contribution is 5.25. The average Bonchev–Trinajstić information content (AvgIpc) is 2.33. The van der Waals surface area contributed by atoms with Crippen molar-refractivity contribution in [3.05, 3.63) is 29.8 Å². The summed E-state index contributed by atoms with van der Waals surface area (Å²) in [5.74, 6) is -1.06. The third kappa shape index (κ3) is 3.42. The molecule has 0 aromatic heterocycles. The van der Waals surface area contributed by atoms with Crippen molar-refractivity contribution in [2.45, 2.75) is 50.7 Å². The predicted molar refractivity (Wildman–Crippen MR) is 66.5 cm³/mol. The lowest BCUT2D eigenvalue weighted by atomic mass is 9.95. The maximum Gasteiger partial charge on any atom is 0.165 e. The second kappa shape index (κ2) is 6.14. The van der Waals surface area contributed by atoms with Crippen LogP contribution in [0.5, 0.6) is 5.75 Å². The van der Waals surface area contributed by atoms with Crippen LogP contribution >= 0.6 is 0 Å². The highest BCUT2D eigenvalue weighted by atomic mass is 19.1. The summed E-state index contributed by atoms with van der Waals surface area (Å²) in [5, 5.41) is 0. The van der Waals surface area contributed by atoms with Gasteiger partial charge in [-0.05, 0) is 31.4 Å². The summed E-state index contributed by atoms with van der Waals surface area (Å²) in [6.07, 6.45) is 5.90. The van der Waals surface area contributed by atoms with Gasteiger partial charge >= 0.3 is 0 Å². The molecule has 2 N–H and O–H groups in total. The Balaban J connectivity index is 2.07. The molecule has 4 heteroatoms. The van der Waals surface area contributed by atoms with Gasteiger partial charge in [0.05, 0.1) is 0 Å². The number of hydrogen-bond donors (Lipinski definition) is 1. The summed E-state index contributed by atoms with van der Waals surface area (Å²) in [6.45, 7) is 0. The maximum atomic E-state index is 13.5. The second-order valence-electron chi connectivity index (χ2n) is 4.89. The van der Waals surface area contributed by atoms with Crippen molar-refractivity contribution in [2.24, 2.45) is 5.73 Å². The smallest absolute Gasteiger partial charge is 0.165 e. The summed E-state index contributed by atoms with van der Waals surface area (Å²) in [6, 6.07) is 3.15. The molecule has 0 saturated heterocycles. The van der Waals surface area contributed by atoms with Gasteiger partial charge in [-0.2, -0.15) is 0 Å². The van der Waals surface area contributed by atoms with Gasteiger partial charge in [0.1, 0.15) is 11.9 Å². The van der Waals surface area contributed by atoms with Gasteiger partial charge in [-0.3, -0.25) is 0 Å². The molecule has 1 aromatic carbocycles. The minimum atomic E-state index is -0.536. The number of hydrogen-bond acceptors (Lipinski definition) is 2. The Morgan fingerprint density at radius 1 is 1.06 bits per heavy atom. The van der Waals surface area contributed by atoms with Gasteiger partial charge in [0.2, 0.25) is 0 Å². The van der Waals surface area contributed by atoms with E-state index in [1.165, 1.54) is 6.42 Å². The van der Waals surface area contributed by atoms with Crippen molar-refractivity contribution in [3.63, 3.8) is 0 Å². The van der Waals surface area contributed by atoms with Crippen LogP contribution in [-0.2, 0) is 0 Å². The molecule has 1 aliphatic carbocycles. The molecule has 18 heavy (non-hydrogen) atoms. The molecule has 1 aromatic rings. The van der Waals surface area contributed by atoms with Crippen molar-refractivity contribution < 1.29 is 13.5 Å². The van der Waals surface area contributed by atoms with E-state index in [9.17, 15) is 8.78 Å². The first-order valence-corrected chi connectivity index (χ1v) is 6.54. The summed E-state index contributed by atoms with van der Waals surface area (Å²) in [5.41, 5.74) is 6.04. The van der Waals surface area contributed by atoms with Crippen molar-refractivity contribution in [1.29, 1.82) is 0 Å². The molecule has 1 fully saturated rings. The zero-order chi connectivity index (χ0) is 13.0. The van der Waals surface area contributed by atoms with Crippen molar-refractivity contribution >= 4 is 0 Å². The number of rotatable bonds is 2. The van der Waals surface area contributed by atoms with Crippen molar-refractivity contribution in [3.8, 4) is 5.75 Å². The molecule has 2 nitrogen and oxygen atoms in total. The minimum Gasteiger partial charge on any atom is -0.486 e. The van der Waals surface area contributed by atoms with E-state index >= 15 is 0 Å². The van der Waals surface area contributed by atoms with Gasteiger partial charge in [0.25, 0.3) is 0 Å². The molecule has 0 aliphatic heterocycles. The molecule has 0 heterocycles. The Bertz CT molecular complexity index is 397. The van der Waals surface area contributed by atoms with Crippen LogP contribution in [0.3, 0.4) is 0 Å². The van der Waals surface area contributed by atoms with Crippen molar-refractivity contribution in [1.82, 2.24) is 0 Å². The van der Waals surface area contributed by atoms with Crippen LogP contribution < -0.4 is 10.5 Å². The highest BCUT2D eigenvalue weighted by Crippen LogP contribution is 2.24. The van der Waals surface area contributed by atoms with E-state index in [0.717, 1.165) is 50.3 Å². The molecule has 0 radical (unpaired) electrons. The van der Waals surface area contributed by atoms with E-state index in [1.54, 1.807) is 0 Å². The van der Waals surface area contributed by atoms with Crippen molar-refractivity contribution in [2.75, 3.05) is 0 Å². The summed E-state index contributed by atoms with van der Waals surface area (Å²) in [7, 11) is 0. The molecular formula is C14H19F2NO. The normalized spacial score (nSPS) is 25.3. The standard InChI is InChI=1S/C14H19F2NO/c15-10-7-8-11(16)14(9-10)18-13-6-4-2-1-3-5-12(13)17/h7-9,12-13H,1-6,17H2. The first-order chi connectivity index (χ1) is 8.66. The lowest BCUT2D eigenvalue weighted by Gasteiger charge is -2.27. The second-order valence-corrected chi connectivity index (χ2v) is 4.89. The van der Waals surface area contributed by atoms with Crippen LogP contribution in [0.2, 0.25) is 0 Å². The topological polar surface area (TPSA) is 35.2 Å². The van der Waals surface area contributed by atoms with Gasteiger partial charge in [-0.1, -0.05) is 19.3 Å². The Morgan fingerprint density at radius 2 is 1.78 bits per heavy atom. The fourth-order valence-electron chi connectivity index (χ4n) is 2.36. The monoisotopic (exact) mass is 255 g/mol. The lowest BCUT2D eigenvalue weighted by molar-refractivity contribution is 0.138. The molecule has 100 valence electrons. The fraction of sp³-hybridized carbons (Fsp3) is 0.571. The predicted octanol–water partition coefficient (Wildman–Crippen LogP) is 3.39. The maximum absolute atomic E-state index is 13.5. The number of ether oxygens (including phenoxy) is 1. The molecule has 1 saturated carbocycles. The fourth-order valence-corrected chi connectivity index (χ4v) is 2.36. The summed E-state index contributed by atoms with van der Waals surface area (Å²) >= 11 is 0. The van der Waals surface area contributed by atoms with Crippen LogP contribution in [0.1, 0.15) is 38.5 Å². The van der Waals surface area contributed by atoms with Crippen LogP contribution in [0, 0.1) is 11.6 Å². The minimum absolute atomic E-state index is 0.0315. The Morgan fingerprint density at radius 3 is 2.56 bits per heavy atom. The third-order valence-electron chi connectivity index (χ3n) is 3.43. The zero-order valence-electron chi connectivity index (χ0n) is 10.4. The lowest BCUT2D eigenvalue weighted by Crippen LogP contribution is -2.39. The quantitative estimate of drug-likeness (QED) is 0.879. The van der Waals surface area contributed by atoms with Gasteiger partial charge in [0.15, 0.2) is 11.6 Å². The van der Waals surface area contributed by atoms with E-state index < -0.39 is 11.6 Å². The molecule has 0 spiro atoms. The zero-order valence-corrected chi connectivity index (χ0v) is 10.4. The molecule has 2 atom stereocenters. The first-order valence-electron chi connectivity index (χ1n) is 6.54. The van der Waals surface area contributed by atoms with Crippen LogP contribution in [0.15, 0.2) is 18.2 Å². The highest BCUT2D eigenvalue weighted by Gasteiger charge is 2.22. The van der Waals surface area contributed by atoms with Gasteiger partial charge in [-0.25, -0.2) is 8.78 Å². The Hall–Kier alpha value is -1.16. The molecule has 2 unspecified atom stereocenters. The first kappa shape index (κ1) is 13.3. The van der Waals surface area contributed by atoms with E-state index in [2.05, 4.69) is 0 Å².